The molecule has 1 saturated heterocycles. The number of ether oxygens (including phenoxy) is 2. The summed E-state index contributed by atoms with van der Waals surface area (Å²) >= 11 is 0. The maximum atomic E-state index is 13.8. The van der Waals surface area contributed by atoms with Crippen LogP contribution in [-0.2, 0) is 33.7 Å². The van der Waals surface area contributed by atoms with E-state index in [2.05, 4.69) is 10.2 Å². The summed E-state index contributed by atoms with van der Waals surface area (Å²) in [5, 5.41) is 3.13. The van der Waals surface area contributed by atoms with Crippen molar-refractivity contribution in [1.82, 2.24) is 15.1 Å². The topological polar surface area (TPSA) is 71.1 Å². The number of methoxy groups -OCH3 is 1. The second kappa shape index (κ2) is 15.0. The van der Waals surface area contributed by atoms with Gasteiger partial charge in [-0.25, -0.2) is 0 Å². The van der Waals surface area contributed by atoms with Gasteiger partial charge in [-0.1, -0.05) is 72.8 Å². The molecule has 1 atom stereocenters. The van der Waals surface area contributed by atoms with Crippen molar-refractivity contribution in [3.05, 3.63) is 102 Å². The van der Waals surface area contributed by atoms with E-state index in [-0.39, 0.29) is 11.8 Å². The van der Waals surface area contributed by atoms with Crippen molar-refractivity contribution in [2.45, 2.75) is 31.8 Å². The summed E-state index contributed by atoms with van der Waals surface area (Å²) in [5.74, 6) is 0.579. The first-order valence-electron chi connectivity index (χ1n) is 13.7. The lowest BCUT2D eigenvalue weighted by Gasteiger charge is -2.32. The highest BCUT2D eigenvalue weighted by atomic mass is 16.5. The number of nitrogens with one attached hydrogen (secondary N) is 1. The smallest absolute Gasteiger partial charge is 0.243 e. The van der Waals surface area contributed by atoms with E-state index in [1.54, 1.807) is 12.0 Å². The Hall–Kier alpha value is -3.68. The Morgan fingerprint density at radius 2 is 1.54 bits per heavy atom. The number of carbonyl (C=O) groups excluding carboxylic acids is 2. The molecule has 7 heteroatoms. The van der Waals surface area contributed by atoms with E-state index in [9.17, 15) is 9.59 Å². The highest BCUT2D eigenvalue weighted by Gasteiger charge is 2.30. The zero-order valence-electron chi connectivity index (χ0n) is 22.8. The number of amides is 2. The van der Waals surface area contributed by atoms with Crippen LogP contribution >= 0.6 is 0 Å². The number of nitrogens with zero attached hydrogens (tertiary/aromatic N) is 2. The van der Waals surface area contributed by atoms with Crippen LogP contribution in [0.1, 0.15) is 23.1 Å². The summed E-state index contributed by atoms with van der Waals surface area (Å²) in [7, 11) is 1.63. The van der Waals surface area contributed by atoms with Crippen LogP contribution in [0.25, 0.3) is 0 Å². The van der Waals surface area contributed by atoms with Crippen molar-refractivity contribution in [1.29, 1.82) is 0 Å². The van der Waals surface area contributed by atoms with Gasteiger partial charge in [-0.2, -0.15) is 0 Å². The van der Waals surface area contributed by atoms with E-state index in [0.29, 0.717) is 32.4 Å². The second-order valence-electron chi connectivity index (χ2n) is 9.81. The first kappa shape index (κ1) is 28.3. The normalized spacial score (nSPS) is 14.4. The fraction of sp³-hybridized carbons (Fsp3) is 0.375. The Balaban J connectivity index is 1.54. The monoisotopic (exact) mass is 529 g/mol. The molecule has 1 fully saturated rings. The van der Waals surface area contributed by atoms with Gasteiger partial charge in [0.25, 0.3) is 0 Å². The van der Waals surface area contributed by atoms with Gasteiger partial charge in [0.05, 0.1) is 20.3 Å². The molecular weight excluding hydrogens is 490 g/mol. The van der Waals surface area contributed by atoms with Gasteiger partial charge in [0, 0.05) is 45.6 Å². The highest BCUT2D eigenvalue weighted by molar-refractivity contribution is 5.88. The number of morpholine rings is 1. The van der Waals surface area contributed by atoms with Crippen molar-refractivity contribution in [3.8, 4) is 5.75 Å². The molecular formula is C32H39N3O4. The van der Waals surface area contributed by atoms with E-state index in [1.807, 2.05) is 84.9 Å². The van der Waals surface area contributed by atoms with Crippen LogP contribution < -0.4 is 10.1 Å². The third kappa shape index (κ3) is 8.94. The summed E-state index contributed by atoms with van der Waals surface area (Å²) in [4.78, 5) is 31.6. The van der Waals surface area contributed by atoms with Crippen LogP contribution in [0.4, 0.5) is 0 Å². The lowest BCUT2D eigenvalue weighted by atomic mass is 10.0. The third-order valence-electron chi connectivity index (χ3n) is 7.08. The molecule has 1 aliphatic heterocycles. The predicted molar refractivity (Wildman–Crippen MR) is 153 cm³/mol. The first-order chi connectivity index (χ1) is 19.1. The van der Waals surface area contributed by atoms with E-state index < -0.39 is 6.04 Å². The molecule has 2 amide bonds. The van der Waals surface area contributed by atoms with Crippen molar-refractivity contribution in [2.24, 2.45) is 0 Å². The van der Waals surface area contributed by atoms with Gasteiger partial charge in [-0.15, -0.1) is 0 Å². The Bertz CT molecular complexity index is 1150. The molecule has 7 nitrogen and oxygen atoms in total. The van der Waals surface area contributed by atoms with E-state index >= 15 is 0 Å². The minimum absolute atomic E-state index is 0.0427. The Kier molecular flexibility index (Phi) is 10.9. The van der Waals surface area contributed by atoms with Crippen LogP contribution in [-0.4, -0.2) is 74.2 Å². The molecule has 3 aromatic rings. The van der Waals surface area contributed by atoms with Crippen LogP contribution in [0.3, 0.4) is 0 Å². The summed E-state index contributed by atoms with van der Waals surface area (Å²) in [5.41, 5.74) is 3.06. The largest absolute Gasteiger partial charge is 0.497 e. The molecule has 0 aromatic heterocycles. The summed E-state index contributed by atoms with van der Waals surface area (Å²) in [6.45, 7) is 4.79. The van der Waals surface area contributed by atoms with E-state index in [1.165, 1.54) is 0 Å². The standard InChI is InChI=1S/C32H39N3O4/c1-38-29-15-12-28(13-16-29)25-35(31(36)17-14-26-8-4-2-5-9-26)30(24-27-10-6-3-7-11-27)32(37)33-18-19-34-20-22-39-23-21-34/h2-13,15-16,30H,14,17-25H2,1H3,(H,33,37). The van der Waals surface area contributed by atoms with Crippen molar-refractivity contribution in [3.63, 3.8) is 0 Å². The number of benzene rings is 3. The van der Waals surface area contributed by atoms with Crippen molar-refractivity contribution in [2.75, 3.05) is 46.5 Å². The van der Waals surface area contributed by atoms with Gasteiger partial charge in [-0.3, -0.25) is 14.5 Å². The molecule has 3 aromatic carbocycles. The number of hydrogen-bond donors (Lipinski definition) is 1. The Morgan fingerprint density at radius 1 is 0.897 bits per heavy atom. The first-order valence-corrected chi connectivity index (χ1v) is 13.7. The number of carbonyl (C=O) groups is 2. The molecule has 39 heavy (non-hydrogen) atoms. The Morgan fingerprint density at radius 3 is 2.18 bits per heavy atom. The van der Waals surface area contributed by atoms with Gasteiger partial charge in [-0.05, 0) is 35.2 Å². The van der Waals surface area contributed by atoms with Crippen molar-refractivity contribution < 1.29 is 19.1 Å². The van der Waals surface area contributed by atoms with Crippen LogP contribution in [0.5, 0.6) is 5.75 Å². The molecule has 0 spiro atoms. The minimum atomic E-state index is -0.637. The number of aryl methyl sites for hydroxylation is 1. The van der Waals surface area contributed by atoms with Gasteiger partial charge >= 0.3 is 0 Å². The van der Waals surface area contributed by atoms with Crippen LogP contribution in [0.15, 0.2) is 84.9 Å². The average molecular weight is 530 g/mol. The lowest BCUT2D eigenvalue weighted by Crippen LogP contribution is -2.52. The van der Waals surface area contributed by atoms with Crippen molar-refractivity contribution >= 4 is 11.8 Å². The number of hydrogen-bond acceptors (Lipinski definition) is 5. The summed E-state index contributed by atoms with van der Waals surface area (Å²) in [6.07, 6.45) is 1.39. The van der Waals surface area contributed by atoms with Gasteiger partial charge in [0.1, 0.15) is 11.8 Å². The van der Waals surface area contributed by atoms with Crippen LogP contribution in [0, 0.1) is 0 Å². The van der Waals surface area contributed by atoms with Crippen LogP contribution in [0.2, 0.25) is 0 Å². The quantitative estimate of drug-likeness (QED) is 0.366. The second-order valence-corrected chi connectivity index (χ2v) is 9.81. The fourth-order valence-electron chi connectivity index (χ4n) is 4.80. The summed E-state index contributed by atoms with van der Waals surface area (Å²) in [6, 6.07) is 26.9. The van der Waals surface area contributed by atoms with Gasteiger partial charge in [0.15, 0.2) is 0 Å². The summed E-state index contributed by atoms with van der Waals surface area (Å²) < 4.78 is 10.7. The highest BCUT2D eigenvalue weighted by Crippen LogP contribution is 2.19. The van der Waals surface area contributed by atoms with Gasteiger partial charge in [0.2, 0.25) is 11.8 Å². The maximum Gasteiger partial charge on any atom is 0.243 e. The molecule has 1 aliphatic rings. The Labute approximate surface area is 231 Å². The minimum Gasteiger partial charge on any atom is -0.497 e. The van der Waals surface area contributed by atoms with E-state index in [0.717, 1.165) is 55.3 Å². The molecule has 0 radical (unpaired) electrons. The maximum absolute atomic E-state index is 13.8. The average Bonchev–Trinajstić information content (AvgIpc) is 2.99. The third-order valence-corrected chi connectivity index (χ3v) is 7.08. The van der Waals surface area contributed by atoms with Gasteiger partial charge < -0.3 is 19.7 Å². The zero-order valence-corrected chi connectivity index (χ0v) is 22.8. The molecule has 0 aliphatic carbocycles. The SMILES string of the molecule is COc1ccc(CN(C(=O)CCc2ccccc2)C(Cc2ccccc2)C(=O)NCCN2CCOCC2)cc1. The van der Waals surface area contributed by atoms with E-state index in [4.69, 9.17) is 9.47 Å². The lowest BCUT2D eigenvalue weighted by molar-refractivity contribution is -0.141. The molecule has 206 valence electrons. The molecule has 1 N–H and O–H groups in total. The number of rotatable bonds is 13. The molecule has 0 saturated carbocycles. The fourth-order valence-corrected chi connectivity index (χ4v) is 4.80. The molecule has 0 bridgehead atoms. The zero-order chi connectivity index (χ0) is 27.3. The molecule has 1 unspecified atom stereocenters. The molecule has 1 heterocycles. The predicted octanol–water partition coefficient (Wildman–Crippen LogP) is 3.72. The molecule has 4 rings (SSSR count).